The van der Waals surface area contributed by atoms with Gasteiger partial charge in [0, 0.05) is 0 Å². The van der Waals surface area contributed by atoms with E-state index in [0.717, 1.165) is 0 Å². The lowest BCUT2D eigenvalue weighted by Gasteiger charge is -2.36. The van der Waals surface area contributed by atoms with Crippen LogP contribution in [0.2, 0.25) is 0 Å². The van der Waals surface area contributed by atoms with Crippen molar-refractivity contribution < 1.29 is 32.1 Å². The van der Waals surface area contributed by atoms with Crippen LogP contribution >= 0.6 is 15.2 Å². The lowest BCUT2D eigenvalue weighted by molar-refractivity contribution is 0.0382. The Hall–Kier alpha value is -0.230. The van der Waals surface area contributed by atoms with Crippen molar-refractivity contribution in [2.45, 2.75) is 46.1 Å². The highest BCUT2D eigenvalue weighted by Gasteiger charge is 2.70. The summed E-state index contributed by atoms with van der Waals surface area (Å²) in [5.74, 6) is 0. The molecule has 1 heterocycles. The van der Waals surface area contributed by atoms with Crippen LogP contribution in [0.4, 0.5) is 0 Å². The third kappa shape index (κ3) is 3.48. The second kappa shape index (κ2) is 8.04. The van der Waals surface area contributed by atoms with Crippen LogP contribution in [0.25, 0.3) is 0 Å². The smallest absolute Gasteiger partial charge is 0.363 e. The Morgan fingerprint density at radius 1 is 0.955 bits per heavy atom. The number of hydrogen-bond acceptors (Lipinski definition) is 8. The van der Waals surface area contributed by atoms with Gasteiger partial charge in [0.1, 0.15) is 0 Å². The number of oxime groups is 1. The Bertz CT molecular complexity index is 444. The fourth-order valence-electron chi connectivity index (χ4n) is 2.15. The molecular formula is C12H25NO7P2. The van der Waals surface area contributed by atoms with Crippen molar-refractivity contribution in [1.82, 2.24) is 0 Å². The molecular weight excluding hydrogens is 332 g/mol. The summed E-state index contributed by atoms with van der Waals surface area (Å²) < 4.78 is 48.0. The van der Waals surface area contributed by atoms with E-state index in [2.05, 4.69) is 5.16 Å². The summed E-state index contributed by atoms with van der Waals surface area (Å²) in [6.45, 7) is 8.70. The minimum atomic E-state index is -3.97. The molecule has 0 atom stereocenters. The van der Waals surface area contributed by atoms with Gasteiger partial charge in [0.2, 0.25) is 0 Å². The lowest BCUT2D eigenvalue weighted by atomic mass is 10.3. The lowest BCUT2D eigenvalue weighted by Crippen LogP contribution is -2.33. The first kappa shape index (κ1) is 19.8. The van der Waals surface area contributed by atoms with E-state index in [1.54, 1.807) is 34.6 Å². The van der Waals surface area contributed by atoms with Crippen molar-refractivity contribution in [3.8, 4) is 0 Å². The van der Waals surface area contributed by atoms with Crippen molar-refractivity contribution in [3.63, 3.8) is 0 Å². The van der Waals surface area contributed by atoms with Crippen molar-refractivity contribution in [1.29, 1.82) is 0 Å². The quantitative estimate of drug-likeness (QED) is 0.546. The standard InChI is InChI=1S/C12H25NO7P2/c1-6-16-21(14,17-7-2)12(10-11(5)13-20-12)22(15,18-8-3)19-9-4/h6-10H2,1-5H3. The van der Waals surface area contributed by atoms with Gasteiger partial charge in [0.25, 0.3) is 0 Å². The summed E-state index contributed by atoms with van der Waals surface area (Å²) >= 11 is 0. The molecule has 0 aromatic heterocycles. The maximum Gasteiger partial charge on any atom is 0.389 e. The van der Waals surface area contributed by atoms with Gasteiger partial charge in [-0.25, -0.2) is 0 Å². The minimum absolute atomic E-state index is 0.0123. The highest BCUT2D eigenvalue weighted by Crippen LogP contribution is 2.80. The van der Waals surface area contributed by atoms with Crippen molar-refractivity contribution >= 4 is 20.9 Å². The van der Waals surface area contributed by atoms with Crippen LogP contribution in [0, 0.1) is 0 Å². The molecule has 0 bridgehead atoms. The molecule has 8 nitrogen and oxygen atoms in total. The van der Waals surface area contributed by atoms with Gasteiger partial charge < -0.3 is 22.9 Å². The first-order valence-electron chi connectivity index (χ1n) is 7.34. The van der Waals surface area contributed by atoms with E-state index in [4.69, 9.17) is 22.9 Å². The van der Waals surface area contributed by atoms with E-state index in [9.17, 15) is 9.13 Å². The van der Waals surface area contributed by atoms with Crippen LogP contribution in [-0.4, -0.2) is 37.2 Å². The predicted molar refractivity (Wildman–Crippen MR) is 83.3 cm³/mol. The summed E-state index contributed by atoms with van der Waals surface area (Å²) in [6, 6.07) is 0. The van der Waals surface area contributed by atoms with E-state index in [1.807, 2.05) is 0 Å². The molecule has 1 aliphatic heterocycles. The van der Waals surface area contributed by atoms with Gasteiger partial charge in [-0.15, -0.1) is 0 Å². The average Bonchev–Trinajstić information content (AvgIpc) is 2.84. The molecule has 0 spiro atoms. The molecule has 0 saturated carbocycles. The Labute approximate surface area is 131 Å². The SMILES string of the molecule is CCOP(=O)(OCC)C1(P(=O)(OCC)OCC)CC(C)=NO1. The summed E-state index contributed by atoms with van der Waals surface area (Å²) in [4.78, 5) is 5.36. The van der Waals surface area contributed by atoms with Gasteiger partial charge in [0.15, 0.2) is 0 Å². The molecule has 0 N–H and O–H groups in total. The van der Waals surface area contributed by atoms with Gasteiger partial charge in [0.05, 0.1) is 38.6 Å². The van der Waals surface area contributed by atoms with Crippen molar-refractivity contribution in [2.75, 3.05) is 26.4 Å². The topological polar surface area (TPSA) is 92.7 Å². The zero-order valence-corrected chi connectivity index (χ0v) is 15.5. The van der Waals surface area contributed by atoms with Crippen LogP contribution in [0.5, 0.6) is 0 Å². The molecule has 0 radical (unpaired) electrons. The molecule has 0 aromatic rings. The largest absolute Gasteiger partial charge is 0.389 e. The number of rotatable bonds is 10. The first-order chi connectivity index (χ1) is 10.3. The summed E-state index contributed by atoms with van der Waals surface area (Å²) in [6.07, 6.45) is -0.0123. The fourth-order valence-corrected chi connectivity index (χ4v) is 7.49. The normalized spacial score (nSPS) is 18.1. The fraction of sp³-hybridized carbons (Fsp3) is 0.917. The molecule has 0 aliphatic carbocycles. The first-order valence-corrected chi connectivity index (χ1v) is 10.4. The Balaban J connectivity index is 3.42. The van der Waals surface area contributed by atoms with Gasteiger partial charge in [-0.3, -0.25) is 9.13 Å². The zero-order chi connectivity index (χ0) is 16.9. The van der Waals surface area contributed by atoms with E-state index in [1.165, 1.54) is 0 Å². The van der Waals surface area contributed by atoms with Crippen LogP contribution in [-0.2, 0) is 32.1 Å². The van der Waals surface area contributed by atoms with E-state index in [-0.39, 0.29) is 32.8 Å². The number of hydrogen-bond donors (Lipinski definition) is 0. The van der Waals surface area contributed by atoms with Gasteiger partial charge in [-0.05, 0) is 34.6 Å². The average molecular weight is 357 g/mol. The Morgan fingerprint density at radius 2 is 1.32 bits per heavy atom. The van der Waals surface area contributed by atoms with E-state index >= 15 is 0 Å². The van der Waals surface area contributed by atoms with Gasteiger partial charge in [-0.2, -0.15) is 0 Å². The molecule has 1 aliphatic rings. The van der Waals surface area contributed by atoms with Crippen molar-refractivity contribution in [3.05, 3.63) is 0 Å². The monoisotopic (exact) mass is 357 g/mol. The summed E-state index contributed by atoms with van der Waals surface area (Å²) in [5, 5.41) is 1.90. The second-order valence-corrected chi connectivity index (χ2v) is 9.32. The third-order valence-electron chi connectivity index (χ3n) is 2.89. The molecule has 0 amide bonds. The molecule has 130 valence electrons. The van der Waals surface area contributed by atoms with Crippen LogP contribution in [0.3, 0.4) is 0 Å². The maximum atomic E-state index is 13.3. The Kier molecular flexibility index (Phi) is 7.24. The molecule has 0 aromatic carbocycles. The Morgan fingerprint density at radius 3 is 1.55 bits per heavy atom. The van der Waals surface area contributed by atoms with Crippen LogP contribution < -0.4 is 0 Å². The van der Waals surface area contributed by atoms with Crippen molar-refractivity contribution in [2.24, 2.45) is 5.16 Å². The molecule has 1 rings (SSSR count). The summed E-state index contributed by atoms with van der Waals surface area (Å²) in [7, 11) is -7.93. The predicted octanol–water partition coefficient (Wildman–Crippen LogP) is 3.97. The minimum Gasteiger partial charge on any atom is -0.363 e. The summed E-state index contributed by atoms with van der Waals surface area (Å²) in [5.41, 5.74) is 0.513. The van der Waals surface area contributed by atoms with E-state index < -0.39 is 20.3 Å². The molecule has 10 heteroatoms. The maximum absolute atomic E-state index is 13.3. The molecule has 0 fully saturated rings. The highest BCUT2D eigenvalue weighted by atomic mass is 31.2. The second-order valence-electron chi connectivity index (χ2n) is 4.50. The molecule has 0 saturated heterocycles. The van der Waals surface area contributed by atoms with Gasteiger partial charge in [-0.1, -0.05) is 5.16 Å². The van der Waals surface area contributed by atoms with E-state index in [0.29, 0.717) is 5.71 Å². The van der Waals surface area contributed by atoms with Crippen LogP contribution in [0.1, 0.15) is 41.0 Å². The third-order valence-corrected chi connectivity index (χ3v) is 8.94. The van der Waals surface area contributed by atoms with Gasteiger partial charge >= 0.3 is 20.3 Å². The molecule has 22 heavy (non-hydrogen) atoms. The molecule has 0 unspecified atom stereocenters. The number of nitrogens with zero attached hydrogens (tertiary/aromatic N) is 1. The zero-order valence-electron chi connectivity index (χ0n) is 13.7. The van der Waals surface area contributed by atoms with Crippen LogP contribution in [0.15, 0.2) is 5.16 Å². The highest BCUT2D eigenvalue weighted by molar-refractivity contribution is 7.74.